The van der Waals surface area contributed by atoms with E-state index in [0.717, 1.165) is 11.1 Å². The highest BCUT2D eigenvalue weighted by atomic mass is 35.5. The molecule has 1 atom stereocenters. The molecule has 0 saturated heterocycles. The lowest BCUT2D eigenvalue weighted by Gasteiger charge is -2.18. The van der Waals surface area contributed by atoms with Gasteiger partial charge in [0.25, 0.3) is 0 Å². The van der Waals surface area contributed by atoms with Gasteiger partial charge in [0, 0.05) is 29.2 Å². The molecule has 2 aromatic carbocycles. The third kappa shape index (κ3) is 4.04. The molecule has 0 aliphatic carbocycles. The summed E-state index contributed by atoms with van der Waals surface area (Å²) in [6.45, 7) is 0.196. The second-order valence-electron chi connectivity index (χ2n) is 6.23. The van der Waals surface area contributed by atoms with E-state index in [9.17, 15) is 4.79 Å². The Morgan fingerprint density at radius 3 is 2.70 bits per heavy atom. The van der Waals surface area contributed by atoms with Crippen molar-refractivity contribution in [3.8, 4) is 11.5 Å². The summed E-state index contributed by atoms with van der Waals surface area (Å²) >= 11 is 6.00. The number of ether oxygens (including phenoxy) is 2. The normalized spacial score (nSPS) is 13.2. The van der Waals surface area contributed by atoms with Crippen molar-refractivity contribution < 1.29 is 14.3 Å². The SMILES string of the molecule is O=C(Nc1ccc2c(c1)OCO2)C(Cc1cccnc1)c1ccc(Cl)cc1. The van der Waals surface area contributed by atoms with E-state index in [1.165, 1.54) is 0 Å². The summed E-state index contributed by atoms with van der Waals surface area (Å²) in [6, 6.07) is 16.5. The number of hydrogen-bond acceptors (Lipinski definition) is 4. The highest BCUT2D eigenvalue weighted by molar-refractivity contribution is 6.30. The van der Waals surface area contributed by atoms with Gasteiger partial charge in [-0.05, 0) is 47.9 Å². The summed E-state index contributed by atoms with van der Waals surface area (Å²) in [6.07, 6.45) is 4.02. The smallest absolute Gasteiger partial charge is 0.232 e. The van der Waals surface area contributed by atoms with Crippen molar-refractivity contribution in [2.45, 2.75) is 12.3 Å². The van der Waals surface area contributed by atoms with Gasteiger partial charge in [0.2, 0.25) is 12.7 Å². The van der Waals surface area contributed by atoms with Gasteiger partial charge in [0.1, 0.15) is 0 Å². The number of rotatable bonds is 5. The van der Waals surface area contributed by atoms with Crippen molar-refractivity contribution in [1.82, 2.24) is 4.98 Å². The molecule has 0 bridgehead atoms. The lowest BCUT2D eigenvalue weighted by atomic mass is 9.91. The zero-order valence-electron chi connectivity index (χ0n) is 14.4. The Hall–Kier alpha value is -3.05. The summed E-state index contributed by atoms with van der Waals surface area (Å²) in [4.78, 5) is 17.2. The second-order valence-corrected chi connectivity index (χ2v) is 6.66. The number of pyridine rings is 1. The molecular weight excluding hydrogens is 364 g/mol. The number of fused-ring (bicyclic) bond motifs is 1. The molecule has 2 heterocycles. The summed E-state index contributed by atoms with van der Waals surface area (Å²) in [7, 11) is 0. The molecule has 1 aliphatic rings. The van der Waals surface area contributed by atoms with Crippen LogP contribution in [-0.2, 0) is 11.2 Å². The van der Waals surface area contributed by atoms with E-state index in [1.807, 2.05) is 24.3 Å². The van der Waals surface area contributed by atoms with Crippen LogP contribution in [0.4, 0.5) is 5.69 Å². The van der Waals surface area contributed by atoms with Crippen molar-refractivity contribution in [2.24, 2.45) is 0 Å². The molecule has 136 valence electrons. The van der Waals surface area contributed by atoms with E-state index in [1.54, 1.807) is 42.7 Å². The second kappa shape index (κ2) is 7.68. The average Bonchev–Trinajstić information content (AvgIpc) is 3.15. The maximum Gasteiger partial charge on any atom is 0.232 e. The molecule has 0 spiro atoms. The van der Waals surface area contributed by atoms with Gasteiger partial charge in [0.05, 0.1) is 5.92 Å². The Bertz CT molecular complexity index is 945. The van der Waals surface area contributed by atoms with Gasteiger partial charge in [-0.25, -0.2) is 0 Å². The molecule has 0 radical (unpaired) electrons. The van der Waals surface area contributed by atoms with Gasteiger partial charge in [-0.2, -0.15) is 0 Å². The fourth-order valence-electron chi connectivity index (χ4n) is 3.02. The van der Waals surface area contributed by atoms with Gasteiger partial charge in [-0.15, -0.1) is 0 Å². The van der Waals surface area contributed by atoms with Crippen LogP contribution in [0, 0.1) is 0 Å². The minimum atomic E-state index is -0.378. The van der Waals surface area contributed by atoms with E-state index in [4.69, 9.17) is 21.1 Å². The summed E-state index contributed by atoms with van der Waals surface area (Å²) in [5.74, 6) is 0.817. The summed E-state index contributed by atoms with van der Waals surface area (Å²) in [5, 5.41) is 3.61. The fourth-order valence-corrected chi connectivity index (χ4v) is 3.14. The third-order valence-corrected chi connectivity index (χ3v) is 4.64. The number of anilines is 1. The van der Waals surface area contributed by atoms with E-state index >= 15 is 0 Å². The maximum absolute atomic E-state index is 13.1. The fraction of sp³-hybridized carbons (Fsp3) is 0.143. The van der Waals surface area contributed by atoms with Crippen LogP contribution in [0.2, 0.25) is 5.02 Å². The molecule has 1 N–H and O–H groups in total. The number of carbonyl (C=O) groups excluding carboxylic acids is 1. The molecule has 0 fully saturated rings. The standard InChI is InChI=1S/C21H17ClN2O3/c22-16-5-3-15(4-6-16)18(10-14-2-1-9-23-12-14)21(25)24-17-7-8-19-20(11-17)27-13-26-19/h1-9,11-12,18H,10,13H2,(H,24,25). The lowest BCUT2D eigenvalue weighted by Crippen LogP contribution is -2.23. The number of hydrogen-bond donors (Lipinski definition) is 1. The molecule has 1 aromatic heterocycles. The number of benzene rings is 2. The Labute approximate surface area is 161 Å². The highest BCUT2D eigenvalue weighted by Gasteiger charge is 2.22. The van der Waals surface area contributed by atoms with Crippen LogP contribution in [0.25, 0.3) is 0 Å². The summed E-state index contributed by atoms with van der Waals surface area (Å²) in [5.41, 5.74) is 2.54. The van der Waals surface area contributed by atoms with Crippen LogP contribution >= 0.6 is 11.6 Å². The van der Waals surface area contributed by atoms with E-state index in [-0.39, 0.29) is 18.6 Å². The number of nitrogens with zero attached hydrogens (tertiary/aromatic N) is 1. The number of nitrogens with one attached hydrogen (secondary N) is 1. The van der Waals surface area contributed by atoms with Crippen LogP contribution in [0.15, 0.2) is 67.0 Å². The van der Waals surface area contributed by atoms with Crippen molar-refractivity contribution in [3.05, 3.63) is 83.1 Å². The predicted molar refractivity (Wildman–Crippen MR) is 103 cm³/mol. The minimum absolute atomic E-state index is 0.111. The summed E-state index contributed by atoms with van der Waals surface area (Å²) < 4.78 is 10.7. The predicted octanol–water partition coefficient (Wildman–Crippen LogP) is 4.43. The maximum atomic E-state index is 13.1. The first-order valence-corrected chi connectivity index (χ1v) is 8.92. The Balaban J connectivity index is 1.59. The zero-order valence-corrected chi connectivity index (χ0v) is 15.1. The number of amides is 1. The van der Waals surface area contributed by atoms with E-state index in [2.05, 4.69) is 10.3 Å². The third-order valence-electron chi connectivity index (χ3n) is 4.39. The molecule has 5 nitrogen and oxygen atoms in total. The molecule has 1 amide bonds. The molecule has 6 heteroatoms. The lowest BCUT2D eigenvalue weighted by molar-refractivity contribution is -0.117. The molecule has 27 heavy (non-hydrogen) atoms. The topological polar surface area (TPSA) is 60.5 Å². The first kappa shape index (κ1) is 17.4. The van der Waals surface area contributed by atoms with Gasteiger partial charge in [-0.3, -0.25) is 9.78 Å². The monoisotopic (exact) mass is 380 g/mol. The van der Waals surface area contributed by atoms with Crippen molar-refractivity contribution in [3.63, 3.8) is 0 Å². The van der Waals surface area contributed by atoms with Gasteiger partial charge >= 0.3 is 0 Å². The molecular formula is C21H17ClN2O3. The highest BCUT2D eigenvalue weighted by Crippen LogP contribution is 2.34. The Morgan fingerprint density at radius 2 is 1.93 bits per heavy atom. The molecule has 0 saturated carbocycles. The quantitative estimate of drug-likeness (QED) is 0.711. The van der Waals surface area contributed by atoms with Gasteiger partial charge in [0.15, 0.2) is 11.5 Å². The molecule has 1 unspecified atom stereocenters. The van der Waals surface area contributed by atoms with Gasteiger partial charge < -0.3 is 14.8 Å². The van der Waals surface area contributed by atoms with Crippen LogP contribution < -0.4 is 14.8 Å². The van der Waals surface area contributed by atoms with Crippen LogP contribution in [0.3, 0.4) is 0 Å². The zero-order chi connectivity index (χ0) is 18.6. The number of carbonyl (C=O) groups is 1. The first-order valence-electron chi connectivity index (χ1n) is 8.54. The number of halogens is 1. The van der Waals surface area contributed by atoms with Crippen LogP contribution in [-0.4, -0.2) is 17.7 Å². The van der Waals surface area contributed by atoms with E-state index < -0.39 is 0 Å². The minimum Gasteiger partial charge on any atom is -0.454 e. The van der Waals surface area contributed by atoms with Crippen LogP contribution in [0.1, 0.15) is 17.0 Å². The number of aromatic nitrogens is 1. The van der Waals surface area contributed by atoms with Crippen LogP contribution in [0.5, 0.6) is 11.5 Å². The molecule has 3 aromatic rings. The molecule has 1 aliphatic heterocycles. The largest absolute Gasteiger partial charge is 0.454 e. The van der Waals surface area contributed by atoms with Crippen molar-refractivity contribution >= 4 is 23.2 Å². The van der Waals surface area contributed by atoms with Gasteiger partial charge in [-0.1, -0.05) is 29.8 Å². The first-order chi connectivity index (χ1) is 13.2. The van der Waals surface area contributed by atoms with E-state index in [0.29, 0.717) is 28.6 Å². The molecule has 4 rings (SSSR count). The average molecular weight is 381 g/mol. The Kier molecular flexibility index (Phi) is 4.94. The van der Waals surface area contributed by atoms with Crippen molar-refractivity contribution in [1.29, 1.82) is 0 Å². The Morgan fingerprint density at radius 1 is 1.11 bits per heavy atom. The van der Waals surface area contributed by atoms with Crippen molar-refractivity contribution in [2.75, 3.05) is 12.1 Å².